The number of rotatable bonds is 13. The molecule has 9 heteroatoms. The lowest BCUT2D eigenvalue weighted by atomic mass is 9.87. The quantitative estimate of drug-likeness (QED) is 0.385. The highest BCUT2D eigenvalue weighted by atomic mass is 32.2. The molecule has 0 aromatic heterocycles. The summed E-state index contributed by atoms with van der Waals surface area (Å²) >= 11 is 3.84. The highest BCUT2D eigenvalue weighted by molar-refractivity contribution is 8.21. The van der Waals surface area contributed by atoms with Crippen molar-refractivity contribution < 1.29 is 24.0 Å². The Hall–Kier alpha value is -1.97. The molecular weight excluding hydrogens is 496 g/mol. The van der Waals surface area contributed by atoms with Gasteiger partial charge in [0.2, 0.25) is 11.7 Å². The van der Waals surface area contributed by atoms with Crippen LogP contribution in [0.15, 0.2) is 30.3 Å². The van der Waals surface area contributed by atoms with Crippen molar-refractivity contribution >= 4 is 52.6 Å². The smallest absolute Gasteiger partial charge is 0.221 e. The van der Waals surface area contributed by atoms with Gasteiger partial charge in [-0.1, -0.05) is 43.7 Å². The van der Waals surface area contributed by atoms with Crippen LogP contribution in [0.4, 0.5) is 0 Å². The van der Waals surface area contributed by atoms with E-state index >= 15 is 0 Å². The van der Waals surface area contributed by atoms with E-state index in [0.29, 0.717) is 18.4 Å². The van der Waals surface area contributed by atoms with Crippen LogP contribution in [0.1, 0.15) is 64.0 Å². The molecule has 1 spiro atoms. The first-order chi connectivity index (χ1) is 17.2. The van der Waals surface area contributed by atoms with E-state index in [2.05, 4.69) is 10.2 Å². The van der Waals surface area contributed by atoms with Gasteiger partial charge in [-0.25, -0.2) is 0 Å². The Labute approximate surface area is 221 Å². The summed E-state index contributed by atoms with van der Waals surface area (Å²) in [6.45, 7) is 4.17. The first-order valence-corrected chi connectivity index (χ1v) is 14.6. The first-order valence-electron chi connectivity index (χ1n) is 12.6. The molecule has 0 aliphatic carbocycles. The lowest BCUT2D eigenvalue weighted by molar-refractivity contribution is -0.141. The molecule has 2 aliphatic rings. The first kappa shape index (κ1) is 28.6. The summed E-state index contributed by atoms with van der Waals surface area (Å²) in [5.74, 6) is -0.321. The number of carbonyl (C=O) groups excluding carboxylic acids is 5. The van der Waals surface area contributed by atoms with Crippen molar-refractivity contribution in [3.05, 3.63) is 35.9 Å². The van der Waals surface area contributed by atoms with E-state index in [1.807, 2.05) is 43.6 Å². The number of nitrogens with one attached hydrogen (secondary N) is 1. The highest BCUT2D eigenvalue weighted by Crippen LogP contribution is 2.51. The van der Waals surface area contributed by atoms with Crippen LogP contribution in [0.25, 0.3) is 0 Å². The summed E-state index contributed by atoms with van der Waals surface area (Å²) in [6.07, 6.45) is 1.57. The number of likely N-dealkylation sites (N-methyl/N-ethyl adjacent to an activating group) is 1. The van der Waals surface area contributed by atoms with Crippen molar-refractivity contribution in [1.82, 2.24) is 10.2 Å². The van der Waals surface area contributed by atoms with E-state index in [1.165, 1.54) is 6.92 Å². The predicted octanol–water partition coefficient (Wildman–Crippen LogP) is 3.61. The molecule has 196 valence electrons. The zero-order valence-corrected chi connectivity index (χ0v) is 22.9. The van der Waals surface area contributed by atoms with E-state index in [-0.39, 0.29) is 40.9 Å². The molecule has 3 atom stereocenters. The van der Waals surface area contributed by atoms with Crippen LogP contribution in [0.3, 0.4) is 0 Å². The van der Waals surface area contributed by atoms with Crippen molar-refractivity contribution in [2.75, 3.05) is 25.1 Å². The van der Waals surface area contributed by atoms with Gasteiger partial charge in [-0.3, -0.25) is 28.9 Å². The number of carbonyl (C=O) groups is 5. The molecule has 1 aromatic rings. The maximum absolute atomic E-state index is 13.2. The van der Waals surface area contributed by atoms with Crippen molar-refractivity contribution in [1.29, 1.82) is 0 Å². The fourth-order valence-corrected chi connectivity index (χ4v) is 8.39. The number of nitrogens with zero attached hydrogens (tertiary/aromatic N) is 1. The monoisotopic (exact) mass is 532 g/mol. The highest BCUT2D eigenvalue weighted by Gasteiger charge is 2.48. The summed E-state index contributed by atoms with van der Waals surface area (Å²) in [5.41, 5.74) is 0.662. The van der Waals surface area contributed by atoms with E-state index in [1.54, 1.807) is 24.3 Å². The number of Topliss-reactive ketones (excluding diaryl/α,β-unsaturated/α-hetero) is 4. The molecule has 2 heterocycles. The fourth-order valence-electron chi connectivity index (χ4n) is 5.00. The number of hydrogen-bond acceptors (Lipinski definition) is 8. The van der Waals surface area contributed by atoms with Crippen LogP contribution in [0.2, 0.25) is 0 Å². The fraction of sp³-hybridized carbons (Fsp3) is 0.593. The van der Waals surface area contributed by atoms with Gasteiger partial charge in [-0.05, 0) is 32.4 Å². The molecular formula is C27H36N2O5S2. The van der Waals surface area contributed by atoms with E-state index < -0.39 is 29.4 Å². The average molecular weight is 533 g/mol. The second-order valence-electron chi connectivity index (χ2n) is 9.71. The summed E-state index contributed by atoms with van der Waals surface area (Å²) in [5, 5.41) is 2.66. The van der Waals surface area contributed by atoms with Gasteiger partial charge in [-0.2, -0.15) is 0 Å². The van der Waals surface area contributed by atoms with Crippen LogP contribution in [0, 0.1) is 5.92 Å². The largest absolute Gasteiger partial charge is 0.342 e. The summed E-state index contributed by atoms with van der Waals surface area (Å²) in [7, 11) is 1.96. The van der Waals surface area contributed by atoms with Gasteiger partial charge in [0.15, 0.2) is 17.3 Å². The van der Waals surface area contributed by atoms with Crippen LogP contribution in [-0.4, -0.2) is 69.2 Å². The lowest BCUT2D eigenvalue weighted by Crippen LogP contribution is -2.36. The summed E-state index contributed by atoms with van der Waals surface area (Å²) < 4.78 is 0.0694. The Morgan fingerprint density at radius 1 is 1.08 bits per heavy atom. The lowest BCUT2D eigenvalue weighted by Gasteiger charge is -2.20. The van der Waals surface area contributed by atoms with E-state index in [0.717, 1.165) is 24.5 Å². The third-order valence-electron chi connectivity index (χ3n) is 6.87. The Kier molecular flexibility index (Phi) is 10.3. The van der Waals surface area contributed by atoms with Gasteiger partial charge < -0.3 is 5.32 Å². The molecule has 36 heavy (non-hydrogen) atoms. The normalized spacial score (nSPS) is 20.7. The Morgan fingerprint density at radius 2 is 1.75 bits per heavy atom. The SMILES string of the molecule is CCCC(CC(=O)C1CC2(CN1C)SCCS2)C(=O)C(=O)CCC(=O)N[C@H](C(C)=O)c1ccccc1. The van der Waals surface area contributed by atoms with E-state index in [9.17, 15) is 24.0 Å². The van der Waals surface area contributed by atoms with Gasteiger partial charge in [0.1, 0.15) is 6.04 Å². The molecule has 7 nitrogen and oxygen atoms in total. The zero-order valence-electron chi connectivity index (χ0n) is 21.3. The minimum atomic E-state index is -0.794. The van der Waals surface area contributed by atoms with Crippen LogP contribution < -0.4 is 5.32 Å². The molecule has 3 rings (SSSR count). The van der Waals surface area contributed by atoms with Crippen LogP contribution in [0.5, 0.6) is 0 Å². The third kappa shape index (κ3) is 7.29. The molecule has 2 unspecified atom stereocenters. The molecule has 0 radical (unpaired) electrons. The molecule has 1 amide bonds. The number of amides is 1. The zero-order chi connectivity index (χ0) is 26.3. The predicted molar refractivity (Wildman–Crippen MR) is 144 cm³/mol. The van der Waals surface area contributed by atoms with Crippen LogP contribution >= 0.6 is 23.5 Å². The van der Waals surface area contributed by atoms with Crippen molar-refractivity contribution in [3.8, 4) is 0 Å². The van der Waals surface area contributed by atoms with Crippen LogP contribution in [-0.2, 0) is 24.0 Å². The number of likely N-dealkylation sites (tertiary alicyclic amines) is 1. The second kappa shape index (κ2) is 13.0. The third-order valence-corrected chi connectivity index (χ3v) is 10.3. The van der Waals surface area contributed by atoms with Crippen molar-refractivity contribution in [2.45, 2.75) is 68.5 Å². The molecule has 2 fully saturated rings. The minimum absolute atomic E-state index is 0.0204. The van der Waals surface area contributed by atoms with Gasteiger partial charge in [0.25, 0.3) is 0 Å². The van der Waals surface area contributed by atoms with Crippen molar-refractivity contribution in [3.63, 3.8) is 0 Å². The standard InChI is InChI=1S/C27H36N2O5S2/c1-4-8-20(15-23(32)21-16-27(17-29(21)3)35-13-14-36-27)26(34)22(31)11-12-24(33)28-25(18(2)30)19-9-6-5-7-10-19/h5-7,9-10,20-21,25H,4,8,11-17H2,1-3H3,(H,28,33)/t20?,21?,25-/m1/s1. The Morgan fingerprint density at radius 3 is 2.36 bits per heavy atom. The molecule has 1 N–H and O–H groups in total. The van der Waals surface area contributed by atoms with Gasteiger partial charge in [-0.15, -0.1) is 23.5 Å². The molecule has 1 aromatic carbocycles. The molecule has 2 saturated heterocycles. The van der Waals surface area contributed by atoms with Gasteiger partial charge in [0, 0.05) is 43.2 Å². The molecule has 0 bridgehead atoms. The summed E-state index contributed by atoms with van der Waals surface area (Å²) in [6, 6.07) is 7.87. The average Bonchev–Trinajstić information content (AvgIpc) is 3.45. The number of hydrogen-bond donors (Lipinski definition) is 1. The maximum Gasteiger partial charge on any atom is 0.221 e. The maximum atomic E-state index is 13.2. The topological polar surface area (TPSA) is 101 Å². The minimum Gasteiger partial charge on any atom is -0.342 e. The van der Waals surface area contributed by atoms with Gasteiger partial charge >= 0.3 is 0 Å². The van der Waals surface area contributed by atoms with Gasteiger partial charge in [0.05, 0.1) is 10.1 Å². The Bertz CT molecular complexity index is 978. The molecule has 0 saturated carbocycles. The second-order valence-corrected chi connectivity index (χ2v) is 12.9. The number of thioether (sulfide) groups is 2. The molecule has 2 aliphatic heterocycles. The van der Waals surface area contributed by atoms with E-state index in [4.69, 9.17) is 0 Å². The number of benzene rings is 1. The summed E-state index contributed by atoms with van der Waals surface area (Å²) in [4.78, 5) is 65.4. The Balaban J connectivity index is 1.54. The van der Waals surface area contributed by atoms with Crippen molar-refractivity contribution in [2.24, 2.45) is 5.92 Å². The number of ketones is 4.